The first kappa shape index (κ1) is 22.7. The van der Waals surface area contributed by atoms with Crippen molar-refractivity contribution in [3.8, 4) is 0 Å². The van der Waals surface area contributed by atoms with Gasteiger partial charge >= 0.3 is 5.97 Å². The summed E-state index contributed by atoms with van der Waals surface area (Å²) in [6.45, 7) is 4.22. The van der Waals surface area contributed by atoms with Crippen molar-refractivity contribution >= 4 is 33.2 Å². The second kappa shape index (κ2) is 9.19. The number of esters is 1. The van der Waals surface area contributed by atoms with Crippen LogP contribution in [0.4, 0.5) is 0 Å². The van der Waals surface area contributed by atoms with Crippen LogP contribution >= 0.6 is 11.3 Å². The van der Waals surface area contributed by atoms with Crippen LogP contribution in [0.1, 0.15) is 52.4 Å². The number of nitrogens with zero attached hydrogens (tertiary/aromatic N) is 1. The van der Waals surface area contributed by atoms with Crippen LogP contribution in [0.2, 0.25) is 0 Å². The molecule has 0 radical (unpaired) electrons. The Morgan fingerprint density at radius 1 is 1.16 bits per heavy atom. The molecule has 0 spiro atoms. The fourth-order valence-corrected chi connectivity index (χ4v) is 8.16. The van der Waals surface area contributed by atoms with Crippen LogP contribution in [0.25, 0.3) is 0 Å². The zero-order valence-electron chi connectivity index (χ0n) is 18.2. The Balaban J connectivity index is 1.23. The van der Waals surface area contributed by atoms with E-state index in [1.165, 1.54) is 41.3 Å². The summed E-state index contributed by atoms with van der Waals surface area (Å²) in [5, 5.41) is 4.79. The Labute approximate surface area is 188 Å². The van der Waals surface area contributed by atoms with E-state index in [4.69, 9.17) is 4.74 Å². The highest BCUT2D eigenvalue weighted by molar-refractivity contribution is 7.91. The molecule has 2 heterocycles. The van der Waals surface area contributed by atoms with Gasteiger partial charge in [0.2, 0.25) is 0 Å². The lowest BCUT2D eigenvalue weighted by molar-refractivity contribution is -0.160. The number of rotatable bonds is 7. The van der Waals surface area contributed by atoms with Gasteiger partial charge in [0, 0.05) is 19.1 Å². The van der Waals surface area contributed by atoms with E-state index >= 15 is 0 Å². The molecule has 1 amide bonds. The summed E-state index contributed by atoms with van der Waals surface area (Å²) in [6.07, 6.45) is 5.02. The zero-order valence-corrected chi connectivity index (χ0v) is 19.8. The molecule has 0 aromatic carbocycles. The van der Waals surface area contributed by atoms with Crippen LogP contribution in [-0.2, 0) is 24.3 Å². The van der Waals surface area contributed by atoms with Gasteiger partial charge in [0.05, 0.1) is 5.92 Å². The molecule has 1 N–H and O–H groups in total. The summed E-state index contributed by atoms with van der Waals surface area (Å²) in [6, 6.07) is 3.40. The first-order chi connectivity index (χ1) is 14.8. The van der Waals surface area contributed by atoms with E-state index in [0.717, 1.165) is 5.92 Å². The fourth-order valence-electron chi connectivity index (χ4n) is 5.55. The topological polar surface area (TPSA) is 92.8 Å². The molecule has 172 valence electrons. The summed E-state index contributed by atoms with van der Waals surface area (Å²) in [4.78, 5) is 25.2. The van der Waals surface area contributed by atoms with Gasteiger partial charge in [0.15, 0.2) is 6.10 Å². The Morgan fingerprint density at radius 2 is 1.90 bits per heavy atom. The number of hydrogen-bond donors (Lipinski definition) is 1. The average Bonchev–Trinajstić information content (AvgIpc) is 3.52. The van der Waals surface area contributed by atoms with Crippen LogP contribution < -0.4 is 5.32 Å². The van der Waals surface area contributed by atoms with Gasteiger partial charge < -0.3 is 10.1 Å². The van der Waals surface area contributed by atoms with Gasteiger partial charge in [-0.15, -0.1) is 11.3 Å². The van der Waals surface area contributed by atoms with Crippen molar-refractivity contribution in [2.75, 3.05) is 13.1 Å². The van der Waals surface area contributed by atoms with E-state index in [-0.39, 0.29) is 31.0 Å². The molecule has 1 aromatic heterocycles. The highest BCUT2D eigenvalue weighted by atomic mass is 32.2. The van der Waals surface area contributed by atoms with Crippen LogP contribution in [-0.4, -0.2) is 49.8 Å². The standard InChI is InChI=1S/C22H32N2O5S2/c1-14(19-13-16-5-6-18(19)12-16)23-21(25)15(2)29-22(26)17-7-9-24(10-8-17)31(27,28)20-4-3-11-30-20/h3-4,11,14-19H,5-10,12-13H2,1-2H3,(H,23,25)/t14-,15-,16-,18-,19-/m0/s1. The quantitative estimate of drug-likeness (QED) is 0.621. The van der Waals surface area contributed by atoms with Gasteiger partial charge in [-0.1, -0.05) is 12.5 Å². The molecule has 3 aliphatic rings. The number of nitrogens with one attached hydrogen (secondary N) is 1. The number of amides is 1. The molecule has 2 saturated carbocycles. The second-order valence-electron chi connectivity index (χ2n) is 9.33. The third-order valence-corrected chi connectivity index (χ3v) is 10.6. The molecule has 1 saturated heterocycles. The summed E-state index contributed by atoms with van der Waals surface area (Å²) >= 11 is 1.19. The number of ether oxygens (including phenoxy) is 1. The van der Waals surface area contributed by atoms with Crippen LogP contribution in [0.3, 0.4) is 0 Å². The predicted octanol–water partition coefficient (Wildman–Crippen LogP) is 3.02. The number of fused-ring (bicyclic) bond motifs is 2. The lowest BCUT2D eigenvalue weighted by Crippen LogP contribution is -2.46. The molecule has 4 rings (SSSR count). The minimum absolute atomic E-state index is 0.0923. The highest BCUT2D eigenvalue weighted by Crippen LogP contribution is 2.49. The molecule has 31 heavy (non-hydrogen) atoms. The van der Waals surface area contributed by atoms with Gasteiger partial charge in [-0.2, -0.15) is 4.31 Å². The van der Waals surface area contributed by atoms with Gasteiger partial charge in [0.1, 0.15) is 4.21 Å². The maximum Gasteiger partial charge on any atom is 0.309 e. The molecular weight excluding hydrogens is 436 g/mol. The van der Waals surface area contributed by atoms with Crippen molar-refractivity contribution in [2.45, 2.75) is 68.7 Å². The van der Waals surface area contributed by atoms with Crippen molar-refractivity contribution in [1.29, 1.82) is 0 Å². The molecule has 2 aliphatic carbocycles. The van der Waals surface area contributed by atoms with E-state index < -0.39 is 22.1 Å². The lowest BCUT2D eigenvalue weighted by atomic mass is 9.84. The second-order valence-corrected chi connectivity index (χ2v) is 12.4. The molecule has 3 fully saturated rings. The van der Waals surface area contributed by atoms with E-state index in [0.29, 0.717) is 28.9 Å². The molecule has 5 atom stereocenters. The Kier molecular flexibility index (Phi) is 6.74. The molecule has 0 unspecified atom stereocenters. The van der Waals surface area contributed by atoms with Crippen LogP contribution in [0.5, 0.6) is 0 Å². The molecule has 7 nitrogen and oxygen atoms in total. The fraction of sp³-hybridized carbons (Fsp3) is 0.727. The van der Waals surface area contributed by atoms with Gasteiger partial charge in [-0.3, -0.25) is 9.59 Å². The van der Waals surface area contributed by atoms with Crippen LogP contribution in [0, 0.1) is 23.7 Å². The summed E-state index contributed by atoms with van der Waals surface area (Å²) < 4.78 is 32.4. The molecular formula is C22H32N2O5S2. The third-order valence-electron chi connectivity index (χ3n) is 7.34. The van der Waals surface area contributed by atoms with Gasteiger partial charge in [-0.05, 0) is 75.2 Å². The summed E-state index contributed by atoms with van der Waals surface area (Å²) in [5.41, 5.74) is 0. The van der Waals surface area contributed by atoms with E-state index in [1.807, 2.05) is 0 Å². The monoisotopic (exact) mass is 468 g/mol. The minimum Gasteiger partial charge on any atom is -0.452 e. The third kappa shape index (κ3) is 4.83. The van der Waals surface area contributed by atoms with Crippen molar-refractivity contribution in [1.82, 2.24) is 9.62 Å². The molecule has 9 heteroatoms. The van der Waals surface area contributed by atoms with E-state index in [9.17, 15) is 18.0 Å². The number of thiophene rings is 1. The van der Waals surface area contributed by atoms with Crippen molar-refractivity contribution in [2.24, 2.45) is 23.7 Å². The normalized spacial score (nSPS) is 28.9. The maximum absolute atomic E-state index is 12.6. The number of carbonyl (C=O) groups excluding carboxylic acids is 2. The smallest absolute Gasteiger partial charge is 0.309 e. The zero-order chi connectivity index (χ0) is 22.2. The molecule has 1 aromatic rings. The Bertz CT molecular complexity index is 893. The predicted molar refractivity (Wildman–Crippen MR) is 118 cm³/mol. The first-order valence-corrected chi connectivity index (χ1v) is 13.6. The first-order valence-electron chi connectivity index (χ1n) is 11.3. The average molecular weight is 469 g/mol. The number of sulfonamides is 1. The van der Waals surface area contributed by atoms with Crippen molar-refractivity contribution in [3.63, 3.8) is 0 Å². The number of piperidine rings is 1. The Hall–Kier alpha value is -1.45. The lowest BCUT2D eigenvalue weighted by Gasteiger charge is -2.31. The minimum atomic E-state index is -3.49. The van der Waals surface area contributed by atoms with Crippen LogP contribution in [0.15, 0.2) is 21.7 Å². The SMILES string of the molecule is C[C@H](OC(=O)C1CCN(S(=O)(=O)c2cccs2)CC1)C(=O)N[C@@H](C)[C@@H]1C[C@H]2CC[C@H]1C2. The molecule has 2 bridgehead atoms. The van der Waals surface area contributed by atoms with Crippen molar-refractivity contribution in [3.05, 3.63) is 17.5 Å². The summed E-state index contributed by atoms with van der Waals surface area (Å²) in [7, 11) is -3.49. The number of hydrogen-bond acceptors (Lipinski definition) is 6. The largest absolute Gasteiger partial charge is 0.452 e. The van der Waals surface area contributed by atoms with Crippen molar-refractivity contribution < 1.29 is 22.7 Å². The Morgan fingerprint density at radius 3 is 2.48 bits per heavy atom. The van der Waals surface area contributed by atoms with E-state index in [1.54, 1.807) is 24.4 Å². The highest BCUT2D eigenvalue weighted by Gasteiger charge is 2.42. The molecule has 1 aliphatic heterocycles. The van der Waals surface area contributed by atoms with Gasteiger partial charge in [0.25, 0.3) is 15.9 Å². The maximum atomic E-state index is 12.6. The summed E-state index contributed by atoms with van der Waals surface area (Å²) in [5.74, 6) is 1.02. The van der Waals surface area contributed by atoms with E-state index in [2.05, 4.69) is 12.2 Å². The number of carbonyl (C=O) groups is 2. The van der Waals surface area contributed by atoms with Gasteiger partial charge in [-0.25, -0.2) is 8.42 Å².